The highest BCUT2D eigenvalue weighted by Gasteiger charge is 2.05. The van der Waals surface area contributed by atoms with Crippen LogP contribution >= 0.6 is 23.2 Å². The minimum Gasteiger partial charge on any atom is -0.493 e. The standard InChI is InChI=1S/C18H17Cl2NO3/c1-23-16-7-3-12(9-17(16)24-2)11-21-18(22)8-5-13-4-6-14(19)10-15(13)20/h3-10H,11H2,1-2H3,(H,21,22)/b8-5+. The fraction of sp³-hybridized carbons (Fsp3) is 0.167. The van der Waals surface area contributed by atoms with Crippen molar-refractivity contribution in [3.63, 3.8) is 0 Å². The summed E-state index contributed by atoms with van der Waals surface area (Å²) in [5.41, 5.74) is 1.63. The second-order valence-electron chi connectivity index (χ2n) is 4.91. The number of hydrogen-bond donors (Lipinski definition) is 1. The topological polar surface area (TPSA) is 47.6 Å². The molecular weight excluding hydrogens is 349 g/mol. The minimum atomic E-state index is -0.226. The molecule has 126 valence electrons. The van der Waals surface area contributed by atoms with E-state index >= 15 is 0 Å². The number of carbonyl (C=O) groups is 1. The average molecular weight is 366 g/mol. The van der Waals surface area contributed by atoms with Crippen LogP contribution < -0.4 is 14.8 Å². The molecule has 2 aromatic rings. The molecule has 0 atom stereocenters. The number of rotatable bonds is 6. The predicted molar refractivity (Wildman–Crippen MR) is 96.9 cm³/mol. The van der Waals surface area contributed by atoms with Crippen LogP contribution in [0.2, 0.25) is 10.0 Å². The number of benzene rings is 2. The van der Waals surface area contributed by atoms with E-state index in [4.69, 9.17) is 32.7 Å². The van der Waals surface area contributed by atoms with E-state index in [2.05, 4.69) is 5.32 Å². The Morgan fingerprint density at radius 1 is 1.08 bits per heavy atom. The largest absolute Gasteiger partial charge is 0.493 e. The zero-order valence-corrected chi connectivity index (χ0v) is 14.8. The average Bonchev–Trinajstić information content (AvgIpc) is 2.58. The molecular formula is C18H17Cl2NO3. The van der Waals surface area contributed by atoms with Crippen LogP contribution in [0.25, 0.3) is 6.08 Å². The van der Waals surface area contributed by atoms with Crippen LogP contribution in [-0.4, -0.2) is 20.1 Å². The fourth-order valence-corrected chi connectivity index (χ4v) is 2.51. The van der Waals surface area contributed by atoms with Crippen molar-refractivity contribution in [3.05, 3.63) is 63.6 Å². The summed E-state index contributed by atoms with van der Waals surface area (Å²) < 4.78 is 10.4. The number of amides is 1. The maximum atomic E-state index is 11.9. The summed E-state index contributed by atoms with van der Waals surface area (Å²) in [6.07, 6.45) is 3.07. The van der Waals surface area contributed by atoms with Crippen LogP contribution in [0, 0.1) is 0 Å². The first kappa shape index (κ1) is 18.2. The van der Waals surface area contributed by atoms with Crippen LogP contribution in [0.3, 0.4) is 0 Å². The molecule has 4 nitrogen and oxygen atoms in total. The van der Waals surface area contributed by atoms with Gasteiger partial charge >= 0.3 is 0 Å². The lowest BCUT2D eigenvalue weighted by molar-refractivity contribution is -0.116. The van der Waals surface area contributed by atoms with Crippen molar-refractivity contribution >= 4 is 35.2 Å². The molecule has 0 saturated heterocycles. The molecule has 2 aromatic carbocycles. The predicted octanol–water partition coefficient (Wildman–Crippen LogP) is 4.34. The van der Waals surface area contributed by atoms with Crippen molar-refractivity contribution in [1.29, 1.82) is 0 Å². The second kappa shape index (κ2) is 8.62. The molecule has 0 unspecified atom stereocenters. The third-order valence-electron chi connectivity index (χ3n) is 3.29. The van der Waals surface area contributed by atoms with Gasteiger partial charge in [0.2, 0.25) is 5.91 Å². The molecule has 0 spiro atoms. The van der Waals surface area contributed by atoms with Gasteiger partial charge < -0.3 is 14.8 Å². The first-order valence-electron chi connectivity index (χ1n) is 7.15. The van der Waals surface area contributed by atoms with Crippen LogP contribution in [0.1, 0.15) is 11.1 Å². The Kier molecular flexibility index (Phi) is 6.53. The lowest BCUT2D eigenvalue weighted by Gasteiger charge is -2.09. The van der Waals surface area contributed by atoms with Crippen molar-refractivity contribution in [2.45, 2.75) is 6.54 Å². The molecule has 6 heteroatoms. The van der Waals surface area contributed by atoms with Crippen molar-refractivity contribution in [2.24, 2.45) is 0 Å². The minimum absolute atomic E-state index is 0.226. The second-order valence-corrected chi connectivity index (χ2v) is 5.75. The SMILES string of the molecule is COc1ccc(CNC(=O)/C=C/c2ccc(Cl)cc2Cl)cc1OC. The molecule has 2 rings (SSSR count). The molecule has 0 aliphatic heterocycles. The Morgan fingerprint density at radius 3 is 2.50 bits per heavy atom. The molecule has 1 N–H and O–H groups in total. The third kappa shape index (κ3) is 4.91. The Balaban J connectivity index is 1.97. The smallest absolute Gasteiger partial charge is 0.244 e. The lowest BCUT2D eigenvalue weighted by atomic mass is 10.2. The van der Waals surface area contributed by atoms with Crippen molar-refractivity contribution in [2.75, 3.05) is 14.2 Å². The molecule has 24 heavy (non-hydrogen) atoms. The quantitative estimate of drug-likeness (QED) is 0.774. The number of carbonyl (C=O) groups excluding carboxylic acids is 1. The summed E-state index contributed by atoms with van der Waals surface area (Å²) in [6.45, 7) is 0.373. The highest BCUT2D eigenvalue weighted by molar-refractivity contribution is 6.35. The molecule has 0 saturated carbocycles. The Morgan fingerprint density at radius 2 is 1.83 bits per heavy atom. The summed E-state index contributed by atoms with van der Waals surface area (Å²) in [6, 6.07) is 10.6. The number of halogens is 2. The molecule has 0 aromatic heterocycles. The highest BCUT2D eigenvalue weighted by Crippen LogP contribution is 2.27. The number of ether oxygens (including phenoxy) is 2. The van der Waals surface area contributed by atoms with E-state index in [1.807, 2.05) is 12.1 Å². The van der Waals surface area contributed by atoms with Gasteiger partial charge in [-0.1, -0.05) is 35.3 Å². The number of methoxy groups -OCH3 is 2. The summed E-state index contributed by atoms with van der Waals surface area (Å²) in [5.74, 6) is 1.04. The molecule has 0 aliphatic rings. The van der Waals surface area contributed by atoms with E-state index in [0.717, 1.165) is 11.1 Å². The zero-order valence-electron chi connectivity index (χ0n) is 13.3. The molecule has 0 radical (unpaired) electrons. The van der Waals surface area contributed by atoms with Gasteiger partial charge in [-0.15, -0.1) is 0 Å². The zero-order chi connectivity index (χ0) is 17.5. The first-order chi connectivity index (χ1) is 11.5. The summed E-state index contributed by atoms with van der Waals surface area (Å²) >= 11 is 11.9. The van der Waals surface area contributed by atoms with Crippen molar-refractivity contribution in [3.8, 4) is 11.5 Å². The maximum absolute atomic E-state index is 11.9. The van der Waals surface area contributed by atoms with E-state index in [1.165, 1.54) is 6.08 Å². The number of nitrogens with one attached hydrogen (secondary N) is 1. The van der Waals surface area contributed by atoms with Gasteiger partial charge in [0.05, 0.1) is 14.2 Å². The van der Waals surface area contributed by atoms with E-state index in [-0.39, 0.29) is 5.91 Å². The normalized spacial score (nSPS) is 10.7. The Labute approximate surface area is 151 Å². The van der Waals surface area contributed by atoms with Gasteiger partial charge in [0, 0.05) is 22.7 Å². The molecule has 0 bridgehead atoms. The van der Waals surface area contributed by atoms with Crippen LogP contribution in [-0.2, 0) is 11.3 Å². The maximum Gasteiger partial charge on any atom is 0.244 e. The number of hydrogen-bond acceptors (Lipinski definition) is 3. The van der Waals surface area contributed by atoms with Gasteiger partial charge in [-0.25, -0.2) is 0 Å². The molecule has 0 fully saturated rings. The van der Waals surface area contributed by atoms with Crippen molar-refractivity contribution in [1.82, 2.24) is 5.32 Å². The Hall–Kier alpha value is -2.17. The van der Waals surface area contributed by atoms with Gasteiger partial charge in [0.1, 0.15) is 0 Å². The first-order valence-corrected chi connectivity index (χ1v) is 7.91. The van der Waals surface area contributed by atoms with Gasteiger partial charge in [-0.05, 0) is 41.5 Å². The van der Waals surface area contributed by atoms with Crippen LogP contribution in [0.4, 0.5) is 0 Å². The Bertz CT molecular complexity index is 760. The summed E-state index contributed by atoms with van der Waals surface area (Å²) in [5, 5.41) is 3.84. The van der Waals surface area contributed by atoms with Gasteiger partial charge in [0.15, 0.2) is 11.5 Å². The van der Waals surface area contributed by atoms with E-state index < -0.39 is 0 Å². The lowest BCUT2D eigenvalue weighted by Crippen LogP contribution is -2.20. The summed E-state index contributed by atoms with van der Waals surface area (Å²) in [7, 11) is 3.14. The molecule has 0 aliphatic carbocycles. The van der Waals surface area contributed by atoms with Gasteiger partial charge in [-0.3, -0.25) is 4.79 Å². The van der Waals surface area contributed by atoms with E-state index in [0.29, 0.717) is 28.1 Å². The van der Waals surface area contributed by atoms with Gasteiger partial charge in [-0.2, -0.15) is 0 Å². The van der Waals surface area contributed by atoms with Crippen molar-refractivity contribution < 1.29 is 14.3 Å². The van der Waals surface area contributed by atoms with Crippen LogP contribution in [0.15, 0.2) is 42.5 Å². The highest BCUT2D eigenvalue weighted by atomic mass is 35.5. The van der Waals surface area contributed by atoms with E-state index in [9.17, 15) is 4.79 Å². The fourth-order valence-electron chi connectivity index (χ4n) is 2.04. The van der Waals surface area contributed by atoms with Gasteiger partial charge in [0.25, 0.3) is 0 Å². The third-order valence-corrected chi connectivity index (χ3v) is 3.85. The monoisotopic (exact) mass is 365 g/mol. The van der Waals surface area contributed by atoms with E-state index in [1.54, 1.807) is 44.6 Å². The molecule has 0 heterocycles. The van der Waals surface area contributed by atoms with Crippen LogP contribution in [0.5, 0.6) is 11.5 Å². The molecule has 1 amide bonds. The summed E-state index contributed by atoms with van der Waals surface area (Å²) in [4.78, 5) is 11.9.